The van der Waals surface area contributed by atoms with Gasteiger partial charge in [-0.1, -0.05) is 18.2 Å². The van der Waals surface area contributed by atoms with Crippen molar-refractivity contribution in [3.8, 4) is 17.1 Å². The van der Waals surface area contributed by atoms with Crippen molar-refractivity contribution in [3.05, 3.63) is 48.9 Å². The molecule has 0 amide bonds. The van der Waals surface area contributed by atoms with E-state index in [1.165, 1.54) is 0 Å². The molecule has 0 aliphatic carbocycles. The number of para-hydroxylation sites is 1. The summed E-state index contributed by atoms with van der Waals surface area (Å²) >= 11 is 0. The molecule has 1 aromatic carbocycles. The molecule has 88 valence electrons. The van der Waals surface area contributed by atoms with Crippen molar-refractivity contribution in [3.63, 3.8) is 0 Å². The van der Waals surface area contributed by atoms with Crippen LogP contribution in [0.3, 0.4) is 0 Å². The number of methoxy groups -OCH3 is 1. The first kappa shape index (κ1) is 10.7. The summed E-state index contributed by atoms with van der Waals surface area (Å²) in [5.74, 6) is 0. The first-order valence-electron chi connectivity index (χ1n) is 5.58. The quantitative estimate of drug-likeness (QED) is 0.687. The van der Waals surface area contributed by atoms with E-state index in [9.17, 15) is 0 Å². The summed E-state index contributed by atoms with van der Waals surface area (Å²) in [5.41, 5.74) is 2.99. The number of ether oxygens (including phenoxy) is 1. The standard InChI is InChI=1S/C14H11N3O/c1-18-14-16-8-10(9-17-14)11-6-7-15-13-5-3-2-4-12(11)13/h2-9H,1H3. The minimum atomic E-state index is 0.372. The summed E-state index contributed by atoms with van der Waals surface area (Å²) in [6.45, 7) is 0. The summed E-state index contributed by atoms with van der Waals surface area (Å²) in [6, 6.07) is 10.3. The SMILES string of the molecule is COc1ncc(-c2ccnc3ccccc23)cn1. The van der Waals surface area contributed by atoms with Gasteiger partial charge in [0.1, 0.15) is 0 Å². The average molecular weight is 237 g/mol. The molecule has 3 aromatic rings. The molecule has 2 heterocycles. The van der Waals surface area contributed by atoms with Gasteiger partial charge in [-0.15, -0.1) is 0 Å². The molecule has 4 nitrogen and oxygen atoms in total. The van der Waals surface area contributed by atoms with Gasteiger partial charge >= 0.3 is 6.01 Å². The lowest BCUT2D eigenvalue weighted by atomic mass is 10.0. The third-order valence-corrected chi connectivity index (χ3v) is 2.77. The zero-order valence-corrected chi connectivity index (χ0v) is 9.87. The fourth-order valence-electron chi connectivity index (χ4n) is 1.91. The Morgan fingerprint density at radius 3 is 2.50 bits per heavy atom. The number of nitrogens with zero attached hydrogens (tertiary/aromatic N) is 3. The van der Waals surface area contributed by atoms with Crippen LogP contribution in [0.1, 0.15) is 0 Å². The predicted octanol–water partition coefficient (Wildman–Crippen LogP) is 2.70. The molecular formula is C14H11N3O. The maximum absolute atomic E-state index is 4.96. The third kappa shape index (κ3) is 1.78. The van der Waals surface area contributed by atoms with Crippen molar-refractivity contribution < 1.29 is 4.74 Å². The normalized spacial score (nSPS) is 10.5. The van der Waals surface area contributed by atoms with Crippen LogP contribution in [0.5, 0.6) is 6.01 Å². The van der Waals surface area contributed by atoms with E-state index in [1.54, 1.807) is 25.7 Å². The third-order valence-electron chi connectivity index (χ3n) is 2.77. The van der Waals surface area contributed by atoms with Crippen LogP contribution in [-0.4, -0.2) is 22.1 Å². The fourth-order valence-corrected chi connectivity index (χ4v) is 1.91. The highest BCUT2D eigenvalue weighted by Crippen LogP contribution is 2.26. The molecule has 0 spiro atoms. The van der Waals surface area contributed by atoms with Gasteiger partial charge < -0.3 is 4.74 Å². The molecule has 0 bridgehead atoms. The lowest BCUT2D eigenvalue weighted by Crippen LogP contribution is -1.92. The van der Waals surface area contributed by atoms with E-state index >= 15 is 0 Å². The Bertz CT molecular complexity index is 675. The highest BCUT2D eigenvalue weighted by atomic mass is 16.5. The second-order valence-electron chi connectivity index (χ2n) is 3.83. The monoisotopic (exact) mass is 237 g/mol. The topological polar surface area (TPSA) is 47.9 Å². The van der Waals surface area contributed by atoms with Gasteiger partial charge in [-0.2, -0.15) is 0 Å². The fraction of sp³-hybridized carbons (Fsp3) is 0.0714. The van der Waals surface area contributed by atoms with Crippen molar-refractivity contribution >= 4 is 10.9 Å². The van der Waals surface area contributed by atoms with Crippen LogP contribution < -0.4 is 4.74 Å². The van der Waals surface area contributed by atoms with Crippen molar-refractivity contribution in [2.24, 2.45) is 0 Å². The van der Waals surface area contributed by atoms with E-state index < -0.39 is 0 Å². The molecule has 0 unspecified atom stereocenters. The molecule has 2 aromatic heterocycles. The van der Waals surface area contributed by atoms with Gasteiger partial charge in [0, 0.05) is 29.5 Å². The number of benzene rings is 1. The Hall–Kier alpha value is -2.49. The Labute approximate surface area is 104 Å². The van der Waals surface area contributed by atoms with E-state index in [0.717, 1.165) is 22.0 Å². The maximum Gasteiger partial charge on any atom is 0.316 e. The van der Waals surface area contributed by atoms with Crippen LogP contribution in [0.25, 0.3) is 22.0 Å². The van der Waals surface area contributed by atoms with Crippen molar-refractivity contribution in [1.29, 1.82) is 0 Å². The van der Waals surface area contributed by atoms with E-state index in [2.05, 4.69) is 15.0 Å². The largest absolute Gasteiger partial charge is 0.467 e. The highest BCUT2D eigenvalue weighted by molar-refractivity contribution is 5.93. The second kappa shape index (κ2) is 4.41. The Morgan fingerprint density at radius 2 is 1.72 bits per heavy atom. The second-order valence-corrected chi connectivity index (χ2v) is 3.83. The first-order chi connectivity index (χ1) is 8.88. The molecule has 3 rings (SSSR count). The maximum atomic E-state index is 4.96. The van der Waals surface area contributed by atoms with Gasteiger partial charge in [0.25, 0.3) is 0 Å². The molecule has 0 atom stereocenters. The summed E-state index contributed by atoms with van der Waals surface area (Å²) < 4.78 is 4.96. The zero-order valence-electron chi connectivity index (χ0n) is 9.87. The molecular weight excluding hydrogens is 226 g/mol. The molecule has 0 saturated carbocycles. The van der Waals surface area contributed by atoms with Crippen LogP contribution in [-0.2, 0) is 0 Å². The van der Waals surface area contributed by atoms with Gasteiger partial charge in [0.15, 0.2) is 0 Å². The van der Waals surface area contributed by atoms with Gasteiger partial charge in [0.2, 0.25) is 0 Å². The number of hydrogen-bond acceptors (Lipinski definition) is 4. The molecule has 0 fully saturated rings. The van der Waals surface area contributed by atoms with Crippen LogP contribution >= 0.6 is 0 Å². The van der Waals surface area contributed by atoms with Crippen molar-refractivity contribution in [2.45, 2.75) is 0 Å². The van der Waals surface area contributed by atoms with Gasteiger partial charge in [-0.25, -0.2) is 9.97 Å². The zero-order chi connectivity index (χ0) is 12.4. The van der Waals surface area contributed by atoms with Crippen LogP contribution in [0.15, 0.2) is 48.9 Å². The first-order valence-corrected chi connectivity index (χ1v) is 5.58. The smallest absolute Gasteiger partial charge is 0.316 e. The van der Waals surface area contributed by atoms with Gasteiger partial charge in [0.05, 0.1) is 12.6 Å². The van der Waals surface area contributed by atoms with Crippen LogP contribution in [0.2, 0.25) is 0 Å². The molecule has 0 N–H and O–H groups in total. The van der Waals surface area contributed by atoms with E-state index in [4.69, 9.17) is 4.74 Å². The number of pyridine rings is 1. The molecule has 0 radical (unpaired) electrons. The molecule has 0 aliphatic heterocycles. The van der Waals surface area contributed by atoms with Gasteiger partial charge in [-0.05, 0) is 17.7 Å². The highest BCUT2D eigenvalue weighted by Gasteiger charge is 2.05. The lowest BCUT2D eigenvalue weighted by Gasteiger charge is -2.05. The Morgan fingerprint density at radius 1 is 0.944 bits per heavy atom. The van der Waals surface area contributed by atoms with Crippen LogP contribution in [0, 0.1) is 0 Å². The minimum Gasteiger partial charge on any atom is -0.467 e. The van der Waals surface area contributed by atoms with E-state index in [-0.39, 0.29) is 0 Å². The predicted molar refractivity (Wildman–Crippen MR) is 69.3 cm³/mol. The number of aromatic nitrogens is 3. The summed E-state index contributed by atoms with van der Waals surface area (Å²) in [7, 11) is 1.55. The number of fused-ring (bicyclic) bond motifs is 1. The van der Waals surface area contributed by atoms with Crippen LogP contribution in [0.4, 0.5) is 0 Å². The molecule has 0 saturated heterocycles. The summed E-state index contributed by atoms with van der Waals surface area (Å²) in [5, 5.41) is 1.09. The lowest BCUT2D eigenvalue weighted by molar-refractivity contribution is 0.380. The van der Waals surface area contributed by atoms with Crippen molar-refractivity contribution in [1.82, 2.24) is 15.0 Å². The van der Waals surface area contributed by atoms with E-state index in [1.807, 2.05) is 30.3 Å². The molecule has 18 heavy (non-hydrogen) atoms. The average Bonchev–Trinajstić information content (AvgIpc) is 2.47. The minimum absolute atomic E-state index is 0.372. The Balaban J connectivity index is 2.18. The van der Waals surface area contributed by atoms with Gasteiger partial charge in [-0.3, -0.25) is 4.98 Å². The molecule has 4 heteroatoms. The number of hydrogen-bond donors (Lipinski definition) is 0. The number of rotatable bonds is 2. The Kier molecular flexibility index (Phi) is 2.61. The summed E-state index contributed by atoms with van der Waals surface area (Å²) in [4.78, 5) is 12.6. The molecule has 0 aliphatic rings. The van der Waals surface area contributed by atoms with E-state index in [0.29, 0.717) is 6.01 Å². The summed E-state index contributed by atoms with van der Waals surface area (Å²) in [6.07, 6.45) is 5.31. The van der Waals surface area contributed by atoms with Crippen molar-refractivity contribution in [2.75, 3.05) is 7.11 Å².